The van der Waals surface area contributed by atoms with E-state index in [1.165, 1.54) is 18.7 Å². The van der Waals surface area contributed by atoms with Crippen LogP contribution in [0.1, 0.15) is 24.8 Å². The maximum absolute atomic E-state index is 10.5. The summed E-state index contributed by atoms with van der Waals surface area (Å²) >= 11 is 5.82. The molecule has 84 valence electrons. The SMILES string of the molecule is CC(=O)O/C=C\[C@H]1C[C@@H]1c1ccc(Cl)cc1. The number of halogens is 1. The monoisotopic (exact) mass is 236 g/mol. The first-order valence-electron chi connectivity index (χ1n) is 5.26. The Balaban J connectivity index is 1.89. The molecule has 1 aromatic rings. The predicted molar refractivity (Wildman–Crippen MR) is 63.2 cm³/mol. The molecule has 1 aliphatic carbocycles. The van der Waals surface area contributed by atoms with Gasteiger partial charge in [0.25, 0.3) is 0 Å². The van der Waals surface area contributed by atoms with Gasteiger partial charge in [0, 0.05) is 11.9 Å². The van der Waals surface area contributed by atoms with Crippen molar-refractivity contribution < 1.29 is 9.53 Å². The zero-order chi connectivity index (χ0) is 11.5. The molecule has 1 fully saturated rings. The van der Waals surface area contributed by atoms with Crippen molar-refractivity contribution in [1.29, 1.82) is 0 Å². The molecule has 0 heterocycles. The maximum Gasteiger partial charge on any atom is 0.307 e. The van der Waals surface area contributed by atoms with Gasteiger partial charge in [0.1, 0.15) is 0 Å². The zero-order valence-corrected chi connectivity index (χ0v) is 9.78. The number of carbonyl (C=O) groups is 1. The van der Waals surface area contributed by atoms with Gasteiger partial charge in [-0.25, -0.2) is 0 Å². The summed E-state index contributed by atoms with van der Waals surface area (Å²) in [5.41, 5.74) is 1.29. The van der Waals surface area contributed by atoms with E-state index in [0.717, 1.165) is 11.4 Å². The fourth-order valence-corrected chi connectivity index (χ4v) is 1.88. The molecule has 1 aliphatic rings. The second kappa shape index (κ2) is 4.71. The van der Waals surface area contributed by atoms with Crippen LogP contribution in [0.3, 0.4) is 0 Å². The summed E-state index contributed by atoms with van der Waals surface area (Å²) in [6.45, 7) is 1.40. The topological polar surface area (TPSA) is 26.3 Å². The quantitative estimate of drug-likeness (QED) is 0.593. The summed E-state index contributed by atoms with van der Waals surface area (Å²) in [7, 11) is 0. The third-order valence-corrected chi connectivity index (χ3v) is 2.95. The number of ether oxygens (including phenoxy) is 1. The first kappa shape index (κ1) is 11.2. The lowest BCUT2D eigenvalue weighted by atomic mass is 10.1. The van der Waals surface area contributed by atoms with Crippen LogP contribution in [-0.2, 0) is 9.53 Å². The van der Waals surface area contributed by atoms with Gasteiger partial charge in [-0.05, 0) is 42.0 Å². The number of carbonyl (C=O) groups excluding carboxylic acids is 1. The van der Waals surface area contributed by atoms with E-state index in [-0.39, 0.29) is 5.97 Å². The van der Waals surface area contributed by atoms with E-state index < -0.39 is 0 Å². The highest BCUT2D eigenvalue weighted by atomic mass is 35.5. The Morgan fingerprint density at radius 1 is 1.44 bits per heavy atom. The summed E-state index contributed by atoms with van der Waals surface area (Å²) < 4.78 is 4.76. The molecule has 0 unspecified atom stereocenters. The van der Waals surface area contributed by atoms with E-state index >= 15 is 0 Å². The molecule has 0 amide bonds. The molecule has 0 saturated heterocycles. The van der Waals surface area contributed by atoms with Gasteiger partial charge in [0.2, 0.25) is 0 Å². The van der Waals surface area contributed by atoms with Gasteiger partial charge in [0.15, 0.2) is 0 Å². The Labute approximate surface area is 99.9 Å². The van der Waals surface area contributed by atoms with Crippen LogP contribution < -0.4 is 0 Å². The minimum atomic E-state index is -0.278. The molecular formula is C13H13ClO2. The van der Waals surface area contributed by atoms with Gasteiger partial charge >= 0.3 is 5.97 Å². The summed E-state index contributed by atoms with van der Waals surface area (Å²) in [4.78, 5) is 10.5. The summed E-state index contributed by atoms with van der Waals surface area (Å²) in [6, 6.07) is 7.91. The average Bonchev–Trinajstić information content (AvgIpc) is 2.98. The second-order valence-electron chi connectivity index (χ2n) is 4.00. The molecule has 0 radical (unpaired) electrons. The van der Waals surface area contributed by atoms with Crippen LogP contribution in [0, 0.1) is 5.92 Å². The predicted octanol–water partition coefficient (Wildman–Crippen LogP) is 3.52. The van der Waals surface area contributed by atoms with Crippen LogP contribution in [0.2, 0.25) is 5.02 Å². The summed E-state index contributed by atoms with van der Waals surface area (Å²) in [5.74, 6) is 0.754. The summed E-state index contributed by atoms with van der Waals surface area (Å²) in [6.07, 6.45) is 4.54. The lowest BCUT2D eigenvalue weighted by molar-refractivity contribution is -0.135. The minimum Gasteiger partial charge on any atom is -0.435 e. The Hall–Kier alpha value is -1.28. The number of esters is 1. The van der Waals surface area contributed by atoms with Crippen LogP contribution in [0.5, 0.6) is 0 Å². The molecule has 2 rings (SSSR count). The third kappa shape index (κ3) is 2.86. The molecule has 0 bridgehead atoms. The van der Waals surface area contributed by atoms with Gasteiger partial charge < -0.3 is 4.74 Å². The Kier molecular flexibility index (Phi) is 3.30. The minimum absolute atomic E-state index is 0.278. The third-order valence-electron chi connectivity index (χ3n) is 2.70. The van der Waals surface area contributed by atoms with E-state index in [2.05, 4.69) is 0 Å². The molecule has 2 atom stereocenters. The second-order valence-corrected chi connectivity index (χ2v) is 4.43. The molecule has 2 nitrogen and oxygen atoms in total. The maximum atomic E-state index is 10.5. The van der Waals surface area contributed by atoms with E-state index in [0.29, 0.717) is 11.8 Å². The first-order valence-corrected chi connectivity index (χ1v) is 5.64. The van der Waals surface area contributed by atoms with Crippen LogP contribution in [-0.4, -0.2) is 5.97 Å². The Bertz CT molecular complexity index is 408. The highest BCUT2D eigenvalue weighted by Gasteiger charge is 2.36. The molecule has 0 aliphatic heterocycles. The number of allylic oxidation sites excluding steroid dienone is 1. The molecule has 0 N–H and O–H groups in total. The van der Waals surface area contributed by atoms with Crippen molar-refractivity contribution >= 4 is 17.6 Å². The standard InChI is InChI=1S/C13H13ClO2/c1-9(15)16-7-6-11-8-13(11)10-2-4-12(14)5-3-10/h2-7,11,13H,8H2,1H3/b7-6-/t11-,13+/m0/s1. The van der Waals surface area contributed by atoms with E-state index in [4.69, 9.17) is 16.3 Å². The summed E-state index contributed by atoms with van der Waals surface area (Å²) in [5, 5.41) is 0.761. The highest BCUT2D eigenvalue weighted by Crippen LogP contribution is 2.48. The van der Waals surface area contributed by atoms with Crippen LogP contribution in [0.15, 0.2) is 36.6 Å². The zero-order valence-electron chi connectivity index (χ0n) is 9.02. The van der Waals surface area contributed by atoms with Crippen molar-refractivity contribution in [1.82, 2.24) is 0 Å². The highest BCUT2D eigenvalue weighted by molar-refractivity contribution is 6.30. The smallest absolute Gasteiger partial charge is 0.307 e. The van der Waals surface area contributed by atoms with Crippen molar-refractivity contribution in [3.8, 4) is 0 Å². The van der Waals surface area contributed by atoms with E-state index in [1.54, 1.807) is 0 Å². The molecule has 3 heteroatoms. The Morgan fingerprint density at radius 3 is 2.75 bits per heavy atom. The fourth-order valence-electron chi connectivity index (χ4n) is 1.76. The number of hydrogen-bond acceptors (Lipinski definition) is 2. The van der Waals surface area contributed by atoms with Gasteiger partial charge in [-0.2, -0.15) is 0 Å². The fraction of sp³-hybridized carbons (Fsp3) is 0.308. The molecular weight excluding hydrogens is 224 g/mol. The van der Waals surface area contributed by atoms with Crippen molar-refractivity contribution in [2.75, 3.05) is 0 Å². The molecule has 1 saturated carbocycles. The van der Waals surface area contributed by atoms with Gasteiger partial charge in [-0.1, -0.05) is 23.7 Å². The molecule has 1 aromatic carbocycles. The van der Waals surface area contributed by atoms with Gasteiger partial charge in [-0.3, -0.25) is 4.79 Å². The van der Waals surface area contributed by atoms with Crippen molar-refractivity contribution in [3.63, 3.8) is 0 Å². The number of hydrogen-bond donors (Lipinski definition) is 0. The van der Waals surface area contributed by atoms with E-state index in [1.807, 2.05) is 30.3 Å². The first-order chi connectivity index (χ1) is 7.66. The van der Waals surface area contributed by atoms with Gasteiger partial charge in [0.05, 0.1) is 6.26 Å². The molecule has 0 aromatic heterocycles. The molecule has 16 heavy (non-hydrogen) atoms. The van der Waals surface area contributed by atoms with Gasteiger partial charge in [-0.15, -0.1) is 0 Å². The number of rotatable bonds is 3. The van der Waals surface area contributed by atoms with Crippen molar-refractivity contribution in [2.45, 2.75) is 19.3 Å². The average molecular weight is 237 g/mol. The van der Waals surface area contributed by atoms with Crippen LogP contribution in [0.4, 0.5) is 0 Å². The van der Waals surface area contributed by atoms with Crippen LogP contribution >= 0.6 is 11.6 Å². The molecule has 0 spiro atoms. The number of benzene rings is 1. The lowest BCUT2D eigenvalue weighted by Gasteiger charge is -1.97. The Morgan fingerprint density at radius 2 is 2.12 bits per heavy atom. The normalized spacial score (nSPS) is 23.4. The van der Waals surface area contributed by atoms with Crippen molar-refractivity contribution in [3.05, 3.63) is 47.2 Å². The van der Waals surface area contributed by atoms with E-state index in [9.17, 15) is 4.79 Å². The lowest BCUT2D eigenvalue weighted by Crippen LogP contribution is -1.89. The van der Waals surface area contributed by atoms with Crippen LogP contribution in [0.25, 0.3) is 0 Å². The largest absolute Gasteiger partial charge is 0.435 e. The van der Waals surface area contributed by atoms with Crippen molar-refractivity contribution in [2.24, 2.45) is 5.92 Å².